The molecule has 116 valence electrons. The largest absolute Gasteiger partial charge is 0.462 e. The number of ether oxygens (including phenoxy) is 1. The van der Waals surface area contributed by atoms with Gasteiger partial charge < -0.3 is 10.5 Å². The third-order valence-corrected chi connectivity index (χ3v) is 3.59. The molecule has 1 aromatic rings. The quantitative estimate of drug-likeness (QED) is 0.581. The molecule has 0 bridgehead atoms. The molecule has 0 saturated carbocycles. The van der Waals surface area contributed by atoms with Gasteiger partial charge in [-0.2, -0.15) is 0 Å². The van der Waals surface area contributed by atoms with Crippen LogP contribution in [0.15, 0.2) is 12.1 Å². The Labute approximate surface area is 127 Å². The number of carbonyl (C=O) groups excluding carboxylic acids is 1. The van der Waals surface area contributed by atoms with Gasteiger partial charge in [0.25, 0.3) is 6.47 Å². The summed E-state index contributed by atoms with van der Waals surface area (Å²) in [5.41, 5.74) is 5.33. The number of nitrogens with two attached hydrogens (primary N) is 1. The van der Waals surface area contributed by atoms with Crippen LogP contribution < -0.4 is 5.73 Å². The maximum Gasteiger partial charge on any atom is 0.293 e. The average molecular weight is 299 g/mol. The average Bonchev–Trinajstić information content (AvgIpc) is 2.74. The van der Waals surface area contributed by atoms with Gasteiger partial charge in [-0.05, 0) is 45.7 Å². The molecule has 0 spiro atoms. The van der Waals surface area contributed by atoms with Crippen molar-refractivity contribution < 1.29 is 9.53 Å². The molecule has 2 N–H and O–H groups in total. The molecule has 0 unspecified atom stereocenters. The minimum atomic E-state index is -0.318. The lowest BCUT2D eigenvalue weighted by atomic mass is 10.1. The summed E-state index contributed by atoms with van der Waals surface area (Å²) in [6.07, 6.45) is 7.99. The number of unbranched alkanes of at least 4 members (excludes halogenated alkanes) is 4. The van der Waals surface area contributed by atoms with Crippen molar-refractivity contribution >= 4 is 22.8 Å². The van der Waals surface area contributed by atoms with Crippen LogP contribution in [-0.2, 0) is 16.0 Å². The molecule has 0 radical (unpaired) electrons. The third kappa shape index (κ3) is 12.0. The number of aryl methyl sites for hydroxylation is 1. The first-order valence-electron chi connectivity index (χ1n) is 7.34. The van der Waals surface area contributed by atoms with Crippen molar-refractivity contribution in [1.82, 2.24) is 0 Å². The number of carbonyl (C=O) groups is 1. The van der Waals surface area contributed by atoms with Crippen molar-refractivity contribution in [2.75, 3.05) is 5.73 Å². The van der Waals surface area contributed by atoms with E-state index in [4.69, 9.17) is 5.73 Å². The van der Waals surface area contributed by atoms with E-state index in [2.05, 4.69) is 17.7 Å². The zero-order valence-corrected chi connectivity index (χ0v) is 14.1. The zero-order chi connectivity index (χ0) is 15.4. The smallest absolute Gasteiger partial charge is 0.293 e. The molecule has 1 heterocycles. The molecule has 1 aromatic heterocycles. The first-order chi connectivity index (χ1) is 9.39. The zero-order valence-electron chi connectivity index (χ0n) is 13.3. The van der Waals surface area contributed by atoms with Crippen LogP contribution in [0.25, 0.3) is 0 Å². The summed E-state index contributed by atoms with van der Waals surface area (Å²) in [6, 6.07) is 4.16. The predicted molar refractivity (Wildman–Crippen MR) is 88.1 cm³/mol. The van der Waals surface area contributed by atoms with Crippen molar-refractivity contribution in [3.05, 3.63) is 17.0 Å². The highest BCUT2D eigenvalue weighted by Gasteiger charge is 2.07. The van der Waals surface area contributed by atoms with Crippen LogP contribution in [0.1, 0.15) is 64.7 Å². The van der Waals surface area contributed by atoms with Crippen LogP contribution in [0, 0.1) is 0 Å². The van der Waals surface area contributed by atoms with Crippen molar-refractivity contribution in [1.29, 1.82) is 0 Å². The molecule has 0 aromatic carbocycles. The third-order valence-electron chi connectivity index (χ3n) is 2.61. The Morgan fingerprint density at radius 1 is 1.20 bits per heavy atom. The monoisotopic (exact) mass is 299 g/mol. The van der Waals surface area contributed by atoms with Crippen molar-refractivity contribution in [3.63, 3.8) is 0 Å². The Balaban J connectivity index is 0.000000441. The fourth-order valence-electron chi connectivity index (χ4n) is 1.58. The van der Waals surface area contributed by atoms with E-state index >= 15 is 0 Å². The molecule has 20 heavy (non-hydrogen) atoms. The molecule has 1 rings (SSSR count). The van der Waals surface area contributed by atoms with E-state index in [0.29, 0.717) is 6.47 Å². The molecule has 4 heteroatoms. The van der Waals surface area contributed by atoms with E-state index in [1.165, 1.54) is 43.4 Å². The number of anilines is 1. The molecule has 0 fully saturated rings. The number of rotatable bonds is 7. The van der Waals surface area contributed by atoms with Gasteiger partial charge in [-0.15, -0.1) is 11.3 Å². The maximum atomic E-state index is 9.60. The van der Waals surface area contributed by atoms with E-state index in [0.717, 1.165) is 5.00 Å². The van der Waals surface area contributed by atoms with Gasteiger partial charge in [0.2, 0.25) is 0 Å². The van der Waals surface area contributed by atoms with E-state index < -0.39 is 0 Å². The lowest BCUT2D eigenvalue weighted by Gasteiger charge is -2.14. The van der Waals surface area contributed by atoms with Gasteiger partial charge in [-0.3, -0.25) is 4.79 Å². The van der Waals surface area contributed by atoms with E-state index in [1.807, 2.05) is 26.8 Å². The molecular formula is C16H29NO2S. The highest BCUT2D eigenvalue weighted by atomic mass is 32.1. The highest BCUT2D eigenvalue weighted by Crippen LogP contribution is 2.20. The minimum Gasteiger partial charge on any atom is -0.462 e. The molecule has 0 atom stereocenters. The van der Waals surface area contributed by atoms with Crippen LogP contribution in [0.2, 0.25) is 0 Å². The van der Waals surface area contributed by atoms with Gasteiger partial charge in [0.1, 0.15) is 5.60 Å². The van der Waals surface area contributed by atoms with E-state index in [9.17, 15) is 4.79 Å². The number of thiophene rings is 1. The summed E-state index contributed by atoms with van der Waals surface area (Å²) >= 11 is 1.73. The van der Waals surface area contributed by atoms with E-state index in [1.54, 1.807) is 11.3 Å². The number of hydrogen-bond donors (Lipinski definition) is 1. The molecule has 0 aliphatic carbocycles. The number of hydrogen-bond acceptors (Lipinski definition) is 4. The van der Waals surface area contributed by atoms with Gasteiger partial charge in [0.05, 0.1) is 5.00 Å². The summed E-state index contributed by atoms with van der Waals surface area (Å²) in [5, 5.41) is 0.948. The fourth-order valence-corrected chi connectivity index (χ4v) is 2.40. The van der Waals surface area contributed by atoms with Gasteiger partial charge in [0, 0.05) is 4.88 Å². The summed E-state index contributed by atoms with van der Waals surface area (Å²) in [5.74, 6) is 0. The normalized spacial score (nSPS) is 10.6. The van der Waals surface area contributed by atoms with Crippen molar-refractivity contribution in [2.45, 2.75) is 71.8 Å². The van der Waals surface area contributed by atoms with Gasteiger partial charge in [-0.25, -0.2) is 0 Å². The fraction of sp³-hybridized carbons (Fsp3) is 0.688. The van der Waals surface area contributed by atoms with Crippen LogP contribution >= 0.6 is 11.3 Å². The Bertz CT molecular complexity index is 356. The topological polar surface area (TPSA) is 52.3 Å². The Kier molecular flexibility index (Phi) is 10.2. The first-order valence-corrected chi connectivity index (χ1v) is 8.16. The molecular weight excluding hydrogens is 270 g/mol. The van der Waals surface area contributed by atoms with Crippen molar-refractivity contribution in [3.8, 4) is 0 Å². The Morgan fingerprint density at radius 3 is 2.25 bits per heavy atom. The molecule has 0 aliphatic heterocycles. The second-order valence-corrected chi connectivity index (χ2v) is 6.99. The molecule has 0 amide bonds. The SMILES string of the molecule is CC(C)(C)OC=O.CCCCCCCc1ccc(N)s1. The summed E-state index contributed by atoms with van der Waals surface area (Å²) in [4.78, 5) is 11.0. The van der Waals surface area contributed by atoms with Crippen LogP contribution in [0.3, 0.4) is 0 Å². The van der Waals surface area contributed by atoms with Gasteiger partial charge in [-0.1, -0.05) is 32.6 Å². The molecule has 3 nitrogen and oxygen atoms in total. The Hall–Kier alpha value is -1.03. The standard InChI is InChI=1S/C11H19NS.C5H10O2/c1-2-3-4-5-6-7-10-8-9-11(12)13-10;1-5(2,3)7-4-6/h8-9H,2-7,12H2,1H3;4H,1-3H3. The molecule has 0 aliphatic rings. The first kappa shape index (κ1) is 19.0. The van der Waals surface area contributed by atoms with E-state index in [-0.39, 0.29) is 5.60 Å². The van der Waals surface area contributed by atoms with Crippen LogP contribution in [-0.4, -0.2) is 12.1 Å². The second-order valence-electron chi connectivity index (χ2n) is 5.79. The second kappa shape index (κ2) is 10.7. The molecule has 0 saturated heterocycles. The summed E-state index contributed by atoms with van der Waals surface area (Å²) in [7, 11) is 0. The highest BCUT2D eigenvalue weighted by molar-refractivity contribution is 7.15. The van der Waals surface area contributed by atoms with Crippen molar-refractivity contribution in [2.24, 2.45) is 0 Å². The van der Waals surface area contributed by atoms with Gasteiger partial charge in [0.15, 0.2) is 0 Å². The van der Waals surface area contributed by atoms with Crippen LogP contribution in [0.4, 0.5) is 5.00 Å². The van der Waals surface area contributed by atoms with Gasteiger partial charge >= 0.3 is 0 Å². The summed E-state index contributed by atoms with van der Waals surface area (Å²) < 4.78 is 4.55. The van der Waals surface area contributed by atoms with Crippen LogP contribution in [0.5, 0.6) is 0 Å². The maximum absolute atomic E-state index is 9.60. The lowest BCUT2D eigenvalue weighted by molar-refractivity contribution is -0.138. The predicted octanol–water partition coefficient (Wildman–Crippen LogP) is 4.80. The minimum absolute atomic E-state index is 0.318. The Morgan fingerprint density at radius 2 is 1.85 bits per heavy atom. The lowest BCUT2D eigenvalue weighted by Crippen LogP contribution is -2.17. The number of nitrogen functional groups attached to an aromatic ring is 1. The summed E-state index contributed by atoms with van der Waals surface area (Å²) in [6.45, 7) is 8.17.